The second-order valence-electron chi connectivity index (χ2n) is 4.96. The molecule has 2 rings (SSSR count). The van der Waals surface area contributed by atoms with Gasteiger partial charge in [0.05, 0.1) is 7.11 Å². The molecular formula is C16H24N2O. The first kappa shape index (κ1) is 13.9. The summed E-state index contributed by atoms with van der Waals surface area (Å²) in [5.74, 6) is 0.969. The maximum Gasteiger partial charge on any atom is 0.122 e. The molecule has 0 aliphatic carbocycles. The number of benzene rings is 1. The van der Waals surface area contributed by atoms with E-state index in [9.17, 15) is 0 Å². The van der Waals surface area contributed by atoms with Crippen LogP contribution in [-0.2, 0) is 6.42 Å². The van der Waals surface area contributed by atoms with Gasteiger partial charge in [0.1, 0.15) is 5.75 Å². The Labute approximate surface area is 115 Å². The highest BCUT2D eigenvalue weighted by Crippen LogP contribution is 2.27. The molecular weight excluding hydrogens is 236 g/mol. The summed E-state index contributed by atoms with van der Waals surface area (Å²) in [5.41, 5.74) is 3.75. The maximum absolute atomic E-state index is 5.42. The Balaban J connectivity index is 2.24. The molecule has 3 nitrogen and oxygen atoms in total. The Kier molecular flexibility index (Phi) is 4.48. The molecule has 1 N–H and O–H groups in total. The van der Waals surface area contributed by atoms with E-state index in [4.69, 9.17) is 4.74 Å². The van der Waals surface area contributed by atoms with E-state index in [1.807, 2.05) is 0 Å². The highest BCUT2D eigenvalue weighted by Gasteiger charge is 2.09. The third kappa shape index (κ3) is 2.92. The summed E-state index contributed by atoms with van der Waals surface area (Å²) in [6.07, 6.45) is 3.21. The van der Waals surface area contributed by atoms with Gasteiger partial charge in [0.15, 0.2) is 0 Å². The first-order valence-electron chi connectivity index (χ1n) is 7.06. The minimum Gasteiger partial charge on any atom is -0.496 e. The summed E-state index contributed by atoms with van der Waals surface area (Å²) >= 11 is 0. The predicted molar refractivity (Wildman–Crippen MR) is 81.1 cm³/mol. The molecule has 1 aromatic heterocycles. The van der Waals surface area contributed by atoms with Crippen molar-refractivity contribution in [1.82, 2.24) is 9.88 Å². The fraction of sp³-hybridized carbons (Fsp3) is 0.500. The van der Waals surface area contributed by atoms with Crippen LogP contribution in [0, 0.1) is 6.92 Å². The molecule has 0 saturated heterocycles. The molecule has 1 heterocycles. The standard InChI is InChI=1S/C16H24N2O/c1-5-18(6-2)8-7-13-11-17-15-9-12(3)16(19-4)10-14(13)15/h9-11,17H,5-8H2,1-4H3. The number of aromatic nitrogens is 1. The van der Waals surface area contributed by atoms with Gasteiger partial charge in [-0.2, -0.15) is 0 Å². The molecule has 19 heavy (non-hydrogen) atoms. The summed E-state index contributed by atoms with van der Waals surface area (Å²) in [4.78, 5) is 5.81. The molecule has 1 aromatic carbocycles. The number of ether oxygens (including phenoxy) is 1. The van der Waals surface area contributed by atoms with Gasteiger partial charge in [-0.25, -0.2) is 0 Å². The van der Waals surface area contributed by atoms with Crippen molar-refractivity contribution in [2.24, 2.45) is 0 Å². The smallest absolute Gasteiger partial charge is 0.122 e. The van der Waals surface area contributed by atoms with Gasteiger partial charge in [-0.05, 0) is 49.7 Å². The van der Waals surface area contributed by atoms with E-state index in [0.29, 0.717) is 0 Å². The zero-order chi connectivity index (χ0) is 13.8. The number of hydrogen-bond donors (Lipinski definition) is 1. The van der Waals surface area contributed by atoms with Gasteiger partial charge in [0, 0.05) is 23.6 Å². The average Bonchev–Trinajstić information content (AvgIpc) is 2.81. The number of nitrogens with zero attached hydrogens (tertiary/aromatic N) is 1. The third-order valence-electron chi connectivity index (χ3n) is 3.87. The van der Waals surface area contributed by atoms with E-state index in [0.717, 1.165) is 31.8 Å². The van der Waals surface area contributed by atoms with Crippen LogP contribution in [0.5, 0.6) is 5.75 Å². The number of methoxy groups -OCH3 is 1. The first-order valence-corrected chi connectivity index (χ1v) is 7.06. The Morgan fingerprint density at radius 1 is 1.21 bits per heavy atom. The van der Waals surface area contributed by atoms with Crippen LogP contribution in [0.2, 0.25) is 0 Å². The number of fused-ring (bicyclic) bond motifs is 1. The third-order valence-corrected chi connectivity index (χ3v) is 3.87. The zero-order valence-electron chi connectivity index (χ0n) is 12.4. The summed E-state index contributed by atoms with van der Waals surface area (Å²) in [5, 5.41) is 1.29. The van der Waals surface area contributed by atoms with E-state index in [1.165, 1.54) is 22.0 Å². The van der Waals surface area contributed by atoms with Crippen LogP contribution >= 0.6 is 0 Å². The molecule has 0 aliphatic rings. The van der Waals surface area contributed by atoms with Crippen LogP contribution < -0.4 is 4.74 Å². The van der Waals surface area contributed by atoms with Gasteiger partial charge in [-0.3, -0.25) is 0 Å². The van der Waals surface area contributed by atoms with Crippen LogP contribution in [0.4, 0.5) is 0 Å². The number of aromatic amines is 1. The molecule has 3 heteroatoms. The second kappa shape index (κ2) is 6.11. The van der Waals surface area contributed by atoms with Crippen LogP contribution in [-0.4, -0.2) is 36.6 Å². The molecule has 104 valence electrons. The minimum absolute atomic E-state index is 0.969. The monoisotopic (exact) mass is 260 g/mol. The van der Waals surface area contributed by atoms with Crippen LogP contribution in [0.1, 0.15) is 25.0 Å². The Morgan fingerprint density at radius 3 is 2.58 bits per heavy atom. The molecule has 0 aliphatic heterocycles. The lowest BCUT2D eigenvalue weighted by Gasteiger charge is -2.17. The van der Waals surface area contributed by atoms with Crippen molar-refractivity contribution in [1.29, 1.82) is 0 Å². The molecule has 0 saturated carbocycles. The van der Waals surface area contributed by atoms with Crippen molar-refractivity contribution < 1.29 is 4.74 Å². The lowest BCUT2D eigenvalue weighted by molar-refractivity contribution is 0.308. The Morgan fingerprint density at radius 2 is 1.95 bits per heavy atom. The summed E-state index contributed by atoms with van der Waals surface area (Å²) in [6, 6.07) is 4.31. The Bertz CT molecular complexity index is 541. The summed E-state index contributed by atoms with van der Waals surface area (Å²) in [7, 11) is 1.73. The lowest BCUT2D eigenvalue weighted by Crippen LogP contribution is -2.25. The molecule has 2 aromatic rings. The molecule has 0 atom stereocenters. The molecule has 0 spiro atoms. The second-order valence-corrected chi connectivity index (χ2v) is 4.96. The van der Waals surface area contributed by atoms with Crippen molar-refractivity contribution in [3.05, 3.63) is 29.5 Å². The SMILES string of the molecule is CCN(CC)CCc1c[nH]c2cc(C)c(OC)cc12. The van der Waals surface area contributed by atoms with E-state index < -0.39 is 0 Å². The highest BCUT2D eigenvalue weighted by molar-refractivity contribution is 5.85. The molecule has 0 radical (unpaired) electrons. The molecule has 0 fully saturated rings. The quantitative estimate of drug-likeness (QED) is 0.862. The van der Waals surface area contributed by atoms with Crippen LogP contribution in [0.25, 0.3) is 10.9 Å². The van der Waals surface area contributed by atoms with Crippen LogP contribution in [0.3, 0.4) is 0 Å². The van der Waals surface area contributed by atoms with Gasteiger partial charge in [0.2, 0.25) is 0 Å². The van der Waals surface area contributed by atoms with Crippen molar-refractivity contribution in [2.75, 3.05) is 26.7 Å². The van der Waals surface area contributed by atoms with Crippen molar-refractivity contribution in [3.63, 3.8) is 0 Å². The lowest BCUT2D eigenvalue weighted by atomic mass is 10.1. The summed E-state index contributed by atoms with van der Waals surface area (Å²) in [6.45, 7) is 9.84. The topological polar surface area (TPSA) is 28.3 Å². The maximum atomic E-state index is 5.42. The molecule has 0 unspecified atom stereocenters. The van der Waals surface area contributed by atoms with Gasteiger partial charge in [0.25, 0.3) is 0 Å². The zero-order valence-corrected chi connectivity index (χ0v) is 12.4. The highest BCUT2D eigenvalue weighted by atomic mass is 16.5. The fourth-order valence-corrected chi connectivity index (χ4v) is 2.56. The van der Waals surface area contributed by atoms with Crippen molar-refractivity contribution >= 4 is 10.9 Å². The molecule has 0 bridgehead atoms. The number of aryl methyl sites for hydroxylation is 1. The van der Waals surface area contributed by atoms with Crippen molar-refractivity contribution in [2.45, 2.75) is 27.2 Å². The van der Waals surface area contributed by atoms with E-state index in [2.05, 4.69) is 49.0 Å². The first-order chi connectivity index (χ1) is 9.19. The Hall–Kier alpha value is -1.48. The minimum atomic E-state index is 0.969. The number of rotatable bonds is 6. The van der Waals surface area contributed by atoms with Gasteiger partial charge in [-0.15, -0.1) is 0 Å². The van der Waals surface area contributed by atoms with Crippen LogP contribution in [0.15, 0.2) is 18.3 Å². The van der Waals surface area contributed by atoms with E-state index in [-0.39, 0.29) is 0 Å². The van der Waals surface area contributed by atoms with Crippen molar-refractivity contribution in [3.8, 4) is 5.75 Å². The summed E-state index contributed by atoms with van der Waals surface area (Å²) < 4.78 is 5.42. The number of likely N-dealkylation sites (N-methyl/N-ethyl adjacent to an activating group) is 1. The number of H-pyrrole nitrogens is 1. The number of nitrogens with one attached hydrogen (secondary N) is 1. The van der Waals surface area contributed by atoms with Gasteiger partial charge < -0.3 is 14.6 Å². The van der Waals surface area contributed by atoms with Gasteiger partial charge >= 0.3 is 0 Å². The normalized spacial score (nSPS) is 11.4. The average molecular weight is 260 g/mol. The largest absolute Gasteiger partial charge is 0.496 e. The number of hydrogen-bond acceptors (Lipinski definition) is 2. The van der Waals surface area contributed by atoms with E-state index in [1.54, 1.807) is 7.11 Å². The predicted octanol–water partition coefficient (Wildman–Crippen LogP) is 3.37. The van der Waals surface area contributed by atoms with Gasteiger partial charge in [-0.1, -0.05) is 13.8 Å². The fourth-order valence-electron chi connectivity index (χ4n) is 2.56. The van der Waals surface area contributed by atoms with E-state index >= 15 is 0 Å². The molecule has 0 amide bonds.